The first kappa shape index (κ1) is 26.9. The number of anilines is 2. The first-order chi connectivity index (χ1) is 18.4. The molecule has 3 amide bonds. The SMILES string of the molecule is Cc1ccc(NC(=O)CSc2ccc(NC(=O)/C(=C/c3ccsc3)NC(=O)c3ccccc3)cc2)c(C)c1. The Kier molecular flexibility index (Phi) is 9.13. The minimum Gasteiger partial charge on any atom is -0.325 e. The van der Waals surface area contributed by atoms with Gasteiger partial charge in [0, 0.05) is 21.8 Å². The van der Waals surface area contributed by atoms with Crippen molar-refractivity contribution in [3.8, 4) is 0 Å². The molecule has 0 radical (unpaired) electrons. The Morgan fingerprint density at radius 3 is 2.34 bits per heavy atom. The zero-order valence-electron chi connectivity index (χ0n) is 21.0. The van der Waals surface area contributed by atoms with E-state index >= 15 is 0 Å². The number of benzene rings is 3. The van der Waals surface area contributed by atoms with Crippen molar-refractivity contribution in [3.05, 3.63) is 118 Å². The third kappa shape index (κ3) is 7.68. The maximum Gasteiger partial charge on any atom is 0.272 e. The Morgan fingerprint density at radius 1 is 0.895 bits per heavy atom. The minimum absolute atomic E-state index is 0.0864. The smallest absolute Gasteiger partial charge is 0.272 e. The molecule has 192 valence electrons. The minimum atomic E-state index is -0.436. The van der Waals surface area contributed by atoms with Gasteiger partial charge in [0.1, 0.15) is 5.70 Å². The van der Waals surface area contributed by atoms with Crippen molar-refractivity contribution in [1.29, 1.82) is 0 Å². The molecule has 0 fully saturated rings. The molecule has 0 bridgehead atoms. The molecule has 4 rings (SSSR count). The van der Waals surface area contributed by atoms with E-state index in [4.69, 9.17) is 0 Å². The summed E-state index contributed by atoms with van der Waals surface area (Å²) >= 11 is 2.91. The highest BCUT2D eigenvalue weighted by molar-refractivity contribution is 8.00. The predicted octanol–water partition coefficient (Wildman–Crippen LogP) is 6.51. The van der Waals surface area contributed by atoms with Crippen LogP contribution in [0.2, 0.25) is 0 Å². The Bertz CT molecular complexity index is 1450. The van der Waals surface area contributed by atoms with Crippen molar-refractivity contribution in [3.63, 3.8) is 0 Å². The molecule has 8 heteroatoms. The molecule has 1 heterocycles. The first-order valence-corrected chi connectivity index (χ1v) is 13.8. The van der Waals surface area contributed by atoms with Crippen LogP contribution < -0.4 is 16.0 Å². The highest BCUT2D eigenvalue weighted by Crippen LogP contribution is 2.22. The normalized spacial score (nSPS) is 11.1. The second-order valence-electron chi connectivity index (χ2n) is 8.57. The molecule has 0 aliphatic carbocycles. The van der Waals surface area contributed by atoms with Crippen molar-refractivity contribution in [2.45, 2.75) is 18.7 Å². The van der Waals surface area contributed by atoms with Crippen molar-refractivity contribution in [1.82, 2.24) is 5.32 Å². The van der Waals surface area contributed by atoms with E-state index in [1.165, 1.54) is 23.1 Å². The molecule has 3 aromatic carbocycles. The highest BCUT2D eigenvalue weighted by Gasteiger charge is 2.15. The summed E-state index contributed by atoms with van der Waals surface area (Å²) in [6.07, 6.45) is 1.64. The topological polar surface area (TPSA) is 87.3 Å². The van der Waals surface area contributed by atoms with Crippen LogP contribution in [0.4, 0.5) is 11.4 Å². The quantitative estimate of drug-likeness (QED) is 0.167. The molecular formula is C30H27N3O3S2. The van der Waals surface area contributed by atoms with E-state index in [0.717, 1.165) is 27.3 Å². The number of hydrogen-bond donors (Lipinski definition) is 3. The molecule has 4 aromatic rings. The van der Waals surface area contributed by atoms with Gasteiger partial charge < -0.3 is 16.0 Å². The van der Waals surface area contributed by atoms with E-state index in [1.54, 1.807) is 42.5 Å². The third-order valence-electron chi connectivity index (χ3n) is 5.52. The Hall–Kier alpha value is -4.14. The second kappa shape index (κ2) is 12.9. The molecule has 0 saturated heterocycles. The van der Waals surface area contributed by atoms with Gasteiger partial charge in [0.05, 0.1) is 5.75 Å². The summed E-state index contributed by atoms with van der Waals surface area (Å²) in [4.78, 5) is 39.1. The number of carbonyl (C=O) groups is 3. The van der Waals surface area contributed by atoms with E-state index in [-0.39, 0.29) is 23.3 Å². The number of nitrogens with one attached hydrogen (secondary N) is 3. The van der Waals surface area contributed by atoms with E-state index in [2.05, 4.69) is 16.0 Å². The van der Waals surface area contributed by atoms with Crippen LogP contribution in [0.15, 0.2) is 100 Å². The average Bonchev–Trinajstić information content (AvgIpc) is 3.43. The van der Waals surface area contributed by atoms with Crippen LogP contribution in [0.1, 0.15) is 27.0 Å². The predicted molar refractivity (Wildman–Crippen MR) is 157 cm³/mol. The summed E-state index contributed by atoms with van der Waals surface area (Å²) in [6.45, 7) is 3.99. The summed E-state index contributed by atoms with van der Waals surface area (Å²) in [5.74, 6) is -0.628. The van der Waals surface area contributed by atoms with Gasteiger partial charge in [0.15, 0.2) is 0 Å². The Balaban J connectivity index is 1.36. The fourth-order valence-electron chi connectivity index (χ4n) is 3.59. The molecular weight excluding hydrogens is 514 g/mol. The van der Waals surface area contributed by atoms with Gasteiger partial charge in [-0.25, -0.2) is 0 Å². The standard InChI is InChI=1S/C30H27N3O3S2/c1-20-8-13-26(21(2)16-20)32-28(34)19-38-25-11-9-24(10-12-25)31-30(36)27(17-22-14-15-37-18-22)33-29(35)23-6-4-3-5-7-23/h3-18H,19H2,1-2H3,(H,31,36)(H,32,34)(H,33,35)/b27-17-. The number of thioether (sulfide) groups is 1. The number of hydrogen-bond acceptors (Lipinski definition) is 5. The van der Waals surface area contributed by atoms with Gasteiger partial charge in [-0.3, -0.25) is 14.4 Å². The molecule has 38 heavy (non-hydrogen) atoms. The van der Waals surface area contributed by atoms with Gasteiger partial charge >= 0.3 is 0 Å². The van der Waals surface area contributed by atoms with Crippen molar-refractivity contribution >= 4 is 58.3 Å². The van der Waals surface area contributed by atoms with Crippen molar-refractivity contribution < 1.29 is 14.4 Å². The zero-order valence-corrected chi connectivity index (χ0v) is 22.6. The van der Waals surface area contributed by atoms with E-state index in [0.29, 0.717) is 11.3 Å². The summed E-state index contributed by atoms with van der Waals surface area (Å²) in [5, 5.41) is 12.3. The second-order valence-corrected chi connectivity index (χ2v) is 10.4. The summed E-state index contributed by atoms with van der Waals surface area (Å²) in [5.41, 5.74) is 4.97. The maximum absolute atomic E-state index is 13.1. The van der Waals surface area contributed by atoms with E-state index in [9.17, 15) is 14.4 Å². The lowest BCUT2D eigenvalue weighted by Crippen LogP contribution is -2.30. The molecule has 0 aliphatic rings. The molecule has 0 aliphatic heterocycles. The Morgan fingerprint density at radius 2 is 1.66 bits per heavy atom. The van der Waals surface area contributed by atoms with Crippen LogP contribution in [-0.4, -0.2) is 23.5 Å². The maximum atomic E-state index is 13.1. The van der Waals surface area contributed by atoms with Gasteiger partial charge in [-0.05, 0) is 90.3 Å². The van der Waals surface area contributed by atoms with Crippen LogP contribution in [0.5, 0.6) is 0 Å². The molecule has 1 aromatic heterocycles. The zero-order chi connectivity index (χ0) is 26.9. The fraction of sp³-hybridized carbons (Fsp3) is 0.100. The van der Waals surface area contributed by atoms with E-state index in [1.807, 2.05) is 67.1 Å². The summed E-state index contributed by atoms with van der Waals surface area (Å²) in [7, 11) is 0. The van der Waals surface area contributed by atoms with E-state index < -0.39 is 5.91 Å². The highest BCUT2D eigenvalue weighted by atomic mass is 32.2. The molecule has 0 saturated carbocycles. The largest absolute Gasteiger partial charge is 0.325 e. The van der Waals surface area contributed by atoms with Gasteiger partial charge in [-0.15, -0.1) is 11.8 Å². The first-order valence-electron chi connectivity index (χ1n) is 11.9. The lowest BCUT2D eigenvalue weighted by molar-refractivity contribution is -0.114. The van der Waals surface area contributed by atoms with Crippen LogP contribution in [0.3, 0.4) is 0 Å². The number of carbonyl (C=O) groups excluding carboxylic acids is 3. The lowest BCUT2D eigenvalue weighted by atomic mass is 10.1. The molecule has 6 nitrogen and oxygen atoms in total. The fourth-order valence-corrected chi connectivity index (χ4v) is 4.90. The number of rotatable bonds is 9. The number of thiophene rings is 1. The van der Waals surface area contributed by atoms with Gasteiger partial charge in [-0.1, -0.05) is 35.9 Å². The summed E-state index contributed by atoms with van der Waals surface area (Å²) in [6, 6.07) is 23.7. The lowest BCUT2D eigenvalue weighted by Gasteiger charge is -2.12. The molecule has 0 unspecified atom stereocenters. The molecule has 0 atom stereocenters. The number of aryl methyl sites for hydroxylation is 2. The van der Waals surface area contributed by atoms with Crippen LogP contribution >= 0.6 is 23.1 Å². The van der Waals surface area contributed by atoms with Crippen molar-refractivity contribution in [2.24, 2.45) is 0 Å². The molecule has 3 N–H and O–H groups in total. The summed E-state index contributed by atoms with van der Waals surface area (Å²) < 4.78 is 0. The average molecular weight is 542 g/mol. The van der Waals surface area contributed by atoms with Gasteiger partial charge in [0.2, 0.25) is 5.91 Å². The van der Waals surface area contributed by atoms with Crippen LogP contribution in [0.25, 0.3) is 6.08 Å². The van der Waals surface area contributed by atoms with Crippen LogP contribution in [-0.2, 0) is 9.59 Å². The van der Waals surface area contributed by atoms with Gasteiger partial charge in [-0.2, -0.15) is 11.3 Å². The van der Waals surface area contributed by atoms with Crippen LogP contribution in [0, 0.1) is 13.8 Å². The number of amides is 3. The van der Waals surface area contributed by atoms with Gasteiger partial charge in [0.25, 0.3) is 11.8 Å². The van der Waals surface area contributed by atoms with Crippen molar-refractivity contribution in [2.75, 3.05) is 16.4 Å². The monoisotopic (exact) mass is 541 g/mol. The molecule has 0 spiro atoms. The third-order valence-corrected chi connectivity index (χ3v) is 7.23. The Labute approximate surface area is 230 Å².